The average molecular weight is 454 g/mol. The summed E-state index contributed by atoms with van der Waals surface area (Å²) in [5.41, 5.74) is 1.72. The molecule has 0 unspecified atom stereocenters. The van der Waals surface area contributed by atoms with E-state index in [0.717, 1.165) is 22.3 Å². The van der Waals surface area contributed by atoms with Crippen LogP contribution in [-0.2, 0) is 9.59 Å². The van der Waals surface area contributed by atoms with Gasteiger partial charge in [0.15, 0.2) is 11.5 Å². The second-order valence-electron chi connectivity index (χ2n) is 7.40. The van der Waals surface area contributed by atoms with Crippen molar-refractivity contribution in [3.05, 3.63) is 59.0 Å². The van der Waals surface area contributed by atoms with Crippen molar-refractivity contribution in [3.63, 3.8) is 0 Å². The summed E-state index contributed by atoms with van der Waals surface area (Å²) < 4.78 is 5.07. The third kappa shape index (κ3) is 4.57. The van der Waals surface area contributed by atoms with E-state index in [4.69, 9.17) is 4.74 Å². The molecule has 2 aromatic carbocycles. The van der Waals surface area contributed by atoms with Gasteiger partial charge >= 0.3 is 0 Å². The Morgan fingerprint density at radius 3 is 2.50 bits per heavy atom. The number of amides is 3. The lowest BCUT2D eigenvalue weighted by atomic mass is 10.2. The first-order valence-electron chi connectivity index (χ1n) is 10.2. The highest BCUT2D eigenvalue weighted by Gasteiger charge is 2.37. The number of para-hydroxylation sites is 1. The monoisotopic (exact) mass is 453 g/mol. The number of imide groups is 1. The number of carbonyl (C=O) groups is 3. The van der Waals surface area contributed by atoms with Crippen molar-refractivity contribution in [1.29, 1.82) is 0 Å². The van der Waals surface area contributed by atoms with Crippen LogP contribution < -0.4 is 9.64 Å². The molecule has 8 nitrogen and oxygen atoms in total. The summed E-state index contributed by atoms with van der Waals surface area (Å²) in [6.45, 7) is 2.19. The van der Waals surface area contributed by atoms with Crippen LogP contribution in [0.4, 0.5) is 10.5 Å². The summed E-state index contributed by atoms with van der Waals surface area (Å²) in [5, 5.41) is 9.24. The molecule has 4 rings (SSSR count). The summed E-state index contributed by atoms with van der Waals surface area (Å²) in [7, 11) is 1.43. The number of phenolic OH excluding ortho intramolecular Hbond substituents is 1. The zero-order valence-electron chi connectivity index (χ0n) is 17.6. The number of nitrogens with zero attached hydrogens (tertiary/aromatic N) is 3. The van der Waals surface area contributed by atoms with Crippen molar-refractivity contribution in [2.45, 2.75) is 0 Å². The van der Waals surface area contributed by atoms with Crippen LogP contribution in [0.25, 0.3) is 6.08 Å². The van der Waals surface area contributed by atoms with Crippen LogP contribution in [0, 0.1) is 0 Å². The summed E-state index contributed by atoms with van der Waals surface area (Å²) >= 11 is 0.797. The number of methoxy groups -OCH3 is 1. The summed E-state index contributed by atoms with van der Waals surface area (Å²) in [6.07, 6.45) is 1.55. The highest BCUT2D eigenvalue weighted by Crippen LogP contribution is 2.34. The fourth-order valence-electron chi connectivity index (χ4n) is 3.66. The van der Waals surface area contributed by atoms with Crippen LogP contribution in [0.3, 0.4) is 0 Å². The quantitative estimate of drug-likeness (QED) is 0.696. The van der Waals surface area contributed by atoms with Gasteiger partial charge in [0.05, 0.1) is 12.0 Å². The van der Waals surface area contributed by atoms with Gasteiger partial charge < -0.3 is 19.6 Å². The third-order valence-electron chi connectivity index (χ3n) is 5.42. The standard InChI is InChI=1S/C23H23N3O5S/c1-31-19-13-16(7-8-18(19)27)14-20-22(29)26(23(30)32-20)15-21(28)25-11-9-24(10-12-25)17-5-3-2-4-6-17/h2-8,13-14,27H,9-12,15H2,1H3/b20-14-. The highest BCUT2D eigenvalue weighted by atomic mass is 32.2. The van der Waals surface area contributed by atoms with Crippen LogP contribution in [0.15, 0.2) is 53.4 Å². The van der Waals surface area contributed by atoms with Gasteiger partial charge in [-0.3, -0.25) is 19.3 Å². The Bertz CT molecular complexity index is 1060. The van der Waals surface area contributed by atoms with Crippen molar-refractivity contribution < 1.29 is 24.2 Å². The molecule has 2 aliphatic heterocycles. The molecular formula is C23H23N3O5S. The molecule has 2 heterocycles. The topological polar surface area (TPSA) is 90.4 Å². The number of thioether (sulfide) groups is 1. The lowest BCUT2D eigenvalue weighted by molar-refractivity contribution is -0.136. The Kier molecular flexibility index (Phi) is 6.36. The van der Waals surface area contributed by atoms with E-state index < -0.39 is 11.1 Å². The number of rotatable bonds is 5. The fourth-order valence-corrected chi connectivity index (χ4v) is 4.50. The molecule has 0 bridgehead atoms. The summed E-state index contributed by atoms with van der Waals surface area (Å²) in [5.74, 6) is -0.491. The van der Waals surface area contributed by atoms with Gasteiger partial charge in [0.2, 0.25) is 5.91 Å². The van der Waals surface area contributed by atoms with E-state index in [9.17, 15) is 19.5 Å². The Morgan fingerprint density at radius 1 is 1.09 bits per heavy atom. The normalized spacial score (nSPS) is 17.9. The van der Waals surface area contributed by atoms with Crippen molar-refractivity contribution in [3.8, 4) is 11.5 Å². The van der Waals surface area contributed by atoms with Crippen LogP contribution in [0.2, 0.25) is 0 Å². The van der Waals surface area contributed by atoms with E-state index in [0.29, 0.717) is 31.7 Å². The SMILES string of the molecule is COc1cc(/C=C2\SC(=O)N(CC(=O)N3CCN(c4ccccc4)CC3)C2=O)ccc1O. The van der Waals surface area contributed by atoms with Crippen LogP contribution in [-0.4, -0.2) is 71.8 Å². The molecule has 9 heteroatoms. The number of piperazine rings is 1. The second-order valence-corrected chi connectivity index (χ2v) is 8.40. The van der Waals surface area contributed by atoms with Gasteiger partial charge in [0.25, 0.3) is 11.1 Å². The van der Waals surface area contributed by atoms with Crippen LogP contribution in [0.1, 0.15) is 5.56 Å². The molecule has 0 atom stereocenters. The second kappa shape index (κ2) is 9.35. The maximum atomic E-state index is 12.8. The lowest BCUT2D eigenvalue weighted by Gasteiger charge is -2.36. The van der Waals surface area contributed by atoms with Gasteiger partial charge in [-0.05, 0) is 47.7 Å². The van der Waals surface area contributed by atoms with E-state index in [1.807, 2.05) is 30.3 Å². The number of benzene rings is 2. The zero-order valence-corrected chi connectivity index (χ0v) is 18.4. The molecule has 0 aromatic heterocycles. The molecular weight excluding hydrogens is 430 g/mol. The minimum Gasteiger partial charge on any atom is -0.504 e. The predicted octanol–water partition coefficient (Wildman–Crippen LogP) is 2.79. The van der Waals surface area contributed by atoms with Crippen LogP contribution >= 0.6 is 11.8 Å². The Morgan fingerprint density at radius 2 is 1.81 bits per heavy atom. The molecule has 0 radical (unpaired) electrons. The van der Waals surface area contributed by atoms with Gasteiger partial charge in [-0.1, -0.05) is 24.3 Å². The Hall–Kier alpha value is -3.46. The highest BCUT2D eigenvalue weighted by molar-refractivity contribution is 8.18. The first kappa shape index (κ1) is 21.8. The number of carbonyl (C=O) groups excluding carboxylic acids is 3. The van der Waals surface area contributed by atoms with Crippen molar-refractivity contribution in [1.82, 2.24) is 9.80 Å². The summed E-state index contributed by atoms with van der Waals surface area (Å²) in [4.78, 5) is 43.0. The smallest absolute Gasteiger partial charge is 0.294 e. The maximum absolute atomic E-state index is 12.8. The Labute approximate surface area is 190 Å². The van der Waals surface area contributed by atoms with E-state index in [1.165, 1.54) is 13.2 Å². The molecule has 32 heavy (non-hydrogen) atoms. The van der Waals surface area contributed by atoms with Gasteiger partial charge in [0.1, 0.15) is 6.54 Å². The lowest BCUT2D eigenvalue weighted by Crippen LogP contribution is -2.51. The molecule has 2 saturated heterocycles. The molecule has 0 saturated carbocycles. The fraction of sp³-hybridized carbons (Fsp3) is 0.261. The van der Waals surface area contributed by atoms with E-state index in [-0.39, 0.29) is 28.9 Å². The molecule has 2 fully saturated rings. The third-order valence-corrected chi connectivity index (χ3v) is 6.33. The number of ether oxygens (including phenoxy) is 1. The summed E-state index contributed by atoms with van der Waals surface area (Å²) in [6, 6.07) is 14.6. The van der Waals surface area contributed by atoms with Gasteiger partial charge in [0, 0.05) is 31.9 Å². The van der Waals surface area contributed by atoms with Gasteiger partial charge in [-0.15, -0.1) is 0 Å². The zero-order chi connectivity index (χ0) is 22.7. The van der Waals surface area contributed by atoms with E-state index in [1.54, 1.807) is 23.1 Å². The molecule has 2 aliphatic rings. The first-order chi connectivity index (χ1) is 15.5. The number of anilines is 1. The van der Waals surface area contributed by atoms with Crippen molar-refractivity contribution in [2.75, 3.05) is 44.7 Å². The molecule has 2 aromatic rings. The van der Waals surface area contributed by atoms with Crippen LogP contribution in [0.5, 0.6) is 11.5 Å². The number of aromatic hydroxyl groups is 1. The number of hydrogen-bond acceptors (Lipinski definition) is 7. The molecule has 0 spiro atoms. The van der Waals surface area contributed by atoms with Gasteiger partial charge in [-0.2, -0.15) is 0 Å². The number of hydrogen-bond donors (Lipinski definition) is 1. The van der Waals surface area contributed by atoms with Crippen molar-refractivity contribution >= 4 is 40.6 Å². The largest absolute Gasteiger partial charge is 0.504 e. The van der Waals surface area contributed by atoms with E-state index in [2.05, 4.69) is 4.90 Å². The first-order valence-corrected chi connectivity index (χ1v) is 11.0. The molecule has 1 N–H and O–H groups in total. The Balaban J connectivity index is 1.38. The number of phenols is 1. The van der Waals surface area contributed by atoms with Gasteiger partial charge in [-0.25, -0.2) is 0 Å². The maximum Gasteiger partial charge on any atom is 0.294 e. The molecule has 166 valence electrons. The molecule has 3 amide bonds. The molecule has 0 aliphatic carbocycles. The van der Waals surface area contributed by atoms with E-state index >= 15 is 0 Å². The minimum absolute atomic E-state index is 0.0179. The predicted molar refractivity (Wildman–Crippen MR) is 123 cm³/mol. The average Bonchev–Trinajstić information content (AvgIpc) is 3.08. The van der Waals surface area contributed by atoms with Crippen molar-refractivity contribution in [2.24, 2.45) is 0 Å². The minimum atomic E-state index is -0.497.